The molecule has 4 aromatic rings. The minimum absolute atomic E-state index is 0.101. The van der Waals surface area contributed by atoms with Crippen LogP contribution >= 0.6 is 10.2 Å². The van der Waals surface area contributed by atoms with Gasteiger partial charge in [0, 0.05) is 43.9 Å². The second-order valence-corrected chi connectivity index (χ2v) is 12.8. The molecule has 0 aliphatic carbocycles. The average Bonchev–Trinajstić information content (AvgIpc) is 3.61. The SMILES string of the molecule is CCc1c(N2CCNCC2)c(=O)n2nc(-c3ccc4c(c3)CCO4)nc2n1CC(=O)Nc1ccc(S(F)(F)(F)(F)F)cc1. The van der Waals surface area contributed by atoms with E-state index in [4.69, 9.17) is 4.74 Å². The molecule has 0 spiro atoms. The van der Waals surface area contributed by atoms with E-state index >= 15 is 0 Å². The number of benzene rings is 2. The number of carbonyl (C=O) groups is 1. The van der Waals surface area contributed by atoms with Crippen LogP contribution in [0.15, 0.2) is 52.2 Å². The predicted octanol–water partition coefficient (Wildman–Crippen LogP) is 4.76. The summed E-state index contributed by atoms with van der Waals surface area (Å²) in [6, 6.07) is 7.51. The fraction of sp³-hybridized carbons (Fsp3) is 0.333. The maximum Gasteiger partial charge on any atom is 0.310 e. The molecule has 6 rings (SSSR count). The molecule has 0 radical (unpaired) electrons. The Bertz CT molecular complexity index is 1800. The van der Waals surface area contributed by atoms with Gasteiger partial charge in [-0.15, -0.1) is 5.10 Å². The zero-order valence-electron chi connectivity index (χ0n) is 23.0. The smallest absolute Gasteiger partial charge is 0.310 e. The van der Waals surface area contributed by atoms with Crippen molar-refractivity contribution in [3.05, 3.63) is 64.1 Å². The number of aromatic nitrogens is 4. The van der Waals surface area contributed by atoms with Gasteiger partial charge >= 0.3 is 10.2 Å². The molecule has 2 aliphatic heterocycles. The van der Waals surface area contributed by atoms with Gasteiger partial charge in [-0.3, -0.25) is 9.59 Å². The summed E-state index contributed by atoms with van der Waals surface area (Å²) in [5.74, 6) is 0.489. The van der Waals surface area contributed by atoms with Crippen LogP contribution in [0.5, 0.6) is 5.75 Å². The molecule has 0 unspecified atom stereocenters. The molecule has 1 fully saturated rings. The molecular weight excluding hydrogens is 597 g/mol. The van der Waals surface area contributed by atoms with E-state index in [0.717, 1.165) is 34.4 Å². The summed E-state index contributed by atoms with van der Waals surface area (Å²) >= 11 is 0. The molecule has 1 amide bonds. The number of amides is 1. The van der Waals surface area contributed by atoms with Gasteiger partial charge in [0.15, 0.2) is 5.82 Å². The monoisotopic (exact) mass is 625 g/mol. The Morgan fingerprint density at radius 2 is 1.79 bits per heavy atom. The molecule has 230 valence electrons. The Kier molecular flexibility index (Phi) is 6.50. The Morgan fingerprint density at radius 1 is 1.07 bits per heavy atom. The zero-order valence-corrected chi connectivity index (χ0v) is 23.8. The fourth-order valence-electron chi connectivity index (χ4n) is 5.41. The van der Waals surface area contributed by atoms with Crippen LogP contribution in [0.25, 0.3) is 17.2 Å². The van der Waals surface area contributed by atoms with Gasteiger partial charge in [0.2, 0.25) is 11.7 Å². The number of anilines is 2. The third-order valence-electron chi connectivity index (χ3n) is 7.43. The average molecular weight is 626 g/mol. The van der Waals surface area contributed by atoms with Crippen molar-refractivity contribution in [2.75, 3.05) is 43.0 Å². The molecule has 43 heavy (non-hydrogen) atoms. The van der Waals surface area contributed by atoms with Gasteiger partial charge in [-0.05, 0) is 54.4 Å². The minimum atomic E-state index is -9.85. The Labute approximate surface area is 242 Å². The van der Waals surface area contributed by atoms with Crippen LogP contribution in [0.2, 0.25) is 0 Å². The number of piperazine rings is 1. The molecular formula is C27H28F5N7O3S. The fourth-order valence-corrected chi connectivity index (χ4v) is 6.06. The first-order valence-electron chi connectivity index (χ1n) is 13.6. The van der Waals surface area contributed by atoms with Gasteiger partial charge in [0.05, 0.1) is 12.3 Å². The summed E-state index contributed by atoms with van der Waals surface area (Å²) in [7, 11) is -9.85. The van der Waals surface area contributed by atoms with Gasteiger partial charge in [-0.1, -0.05) is 26.4 Å². The molecule has 2 N–H and O–H groups in total. The van der Waals surface area contributed by atoms with Crippen molar-refractivity contribution < 1.29 is 29.0 Å². The first-order valence-corrected chi connectivity index (χ1v) is 15.5. The molecule has 4 heterocycles. The van der Waals surface area contributed by atoms with Gasteiger partial charge in [0.1, 0.15) is 22.9 Å². The van der Waals surface area contributed by atoms with Crippen molar-refractivity contribution in [1.82, 2.24) is 24.5 Å². The number of hydrogen-bond acceptors (Lipinski definition) is 7. The lowest BCUT2D eigenvalue weighted by Gasteiger charge is -2.40. The molecule has 2 aromatic heterocycles. The summed E-state index contributed by atoms with van der Waals surface area (Å²) in [5, 5.41) is 10.2. The van der Waals surface area contributed by atoms with Crippen LogP contribution in [0.3, 0.4) is 0 Å². The van der Waals surface area contributed by atoms with Crippen molar-refractivity contribution in [1.29, 1.82) is 0 Å². The third-order valence-corrected chi connectivity index (χ3v) is 8.59. The topological polar surface area (TPSA) is 106 Å². The summed E-state index contributed by atoms with van der Waals surface area (Å²) < 4.78 is 73.9. The highest BCUT2D eigenvalue weighted by molar-refractivity contribution is 8.45. The van der Waals surface area contributed by atoms with E-state index in [1.54, 1.807) is 10.6 Å². The van der Waals surface area contributed by atoms with Crippen molar-refractivity contribution >= 4 is 33.3 Å². The predicted molar refractivity (Wildman–Crippen MR) is 153 cm³/mol. The van der Waals surface area contributed by atoms with Crippen molar-refractivity contribution in [3.8, 4) is 17.1 Å². The molecule has 10 nitrogen and oxygen atoms in total. The van der Waals surface area contributed by atoms with E-state index in [-0.39, 0.29) is 41.5 Å². The minimum Gasteiger partial charge on any atom is -0.493 e. The summed E-state index contributed by atoms with van der Waals surface area (Å²) in [6.45, 7) is 4.42. The van der Waals surface area contributed by atoms with E-state index in [1.807, 2.05) is 24.0 Å². The maximum absolute atomic E-state index is 13.8. The summed E-state index contributed by atoms with van der Waals surface area (Å²) in [6.07, 6.45) is 1.08. The van der Waals surface area contributed by atoms with E-state index in [2.05, 4.69) is 20.7 Å². The quantitative estimate of drug-likeness (QED) is 0.286. The number of rotatable bonds is 7. The number of nitrogens with one attached hydrogen (secondary N) is 2. The highest BCUT2D eigenvalue weighted by Gasteiger charge is 2.65. The van der Waals surface area contributed by atoms with Crippen LogP contribution in [-0.2, 0) is 24.2 Å². The van der Waals surface area contributed by atoms with Crippen LogP contribution in [0.1, 0.15) is 18.2 Å². The number of nitrogens with zero attached hydrogens (tertiary/aromatic N) is 5. The second kappa shape index (κ2) is 9.67. The zero-order chi connectivity index (χ0) is 30.6. The molecule has 0 saturated carbocycles. The molecule has 16 heteroatoms. The summed E-state index contributed by atoms with van der Waals surface area (Å²) in [4.78, 5) is 31.6. The lowest BCUT2D eigenvalue weighted by atomic mass is 10.1. The van der Waals surface area contributed by atoms with Crippen molar-refractivity contribution in [2.24, 2.45) is 0 Å². The van der Waals surface area contributed by atoms with E-state index < -0.39 is 21.0 Å². The second-order valence-electron chi connectivity index (χ2n) is 10.4. The van der Waals surface area contributed by atoms with Crippen LogP contribution in [-0.4, -0.2) is 57.9 Å². The molecule has 2 aliphatic rings. The lowest BCUT2D eigenvalue weighted by molar-refractivity contribution is -0.116. The number of halogens is 5. The Morgan fingerprint density at radius 3 is 2.47 bits per heavy atom. The highest BCUT2D eigenvalue weighted by atomic mass is 32.5. The van der Waals surface area contributed by atoms with E-state index in [9.17, 15) is 29.0 Å². The molecule has 0 bridgehead atoms. The van der Waals surface area contributed by atoms with Gasteiger partial charge < -0.3 is 24.8 Å². The normalized spacial score (nSPS) is 16.8. The Hall–Kier alpha value is -4.18. The molecule has 1 saturated heterocycles. The standard InChI is InChI=1S/C27H28F5N7O3S/c1-2-21-24(37-12-10-33-11-13-37)26(41)39-27(35-25(36-39)18-3-8-22-17(15-18)9-14-42-22)38(21)16-23(40)34-19-4-6-20(7-5-19)43(28,29,30,31)32/h3-8,15,33H,2,9-14,16H2,1H3,(H,34,40). The van der Waals surface area contributed by atoms with Crippen molar-refractivity contribution in [2.45, 2.75) is 31.2 Å². The number of carbonyl (C=O) groups excluding carboxylic acids is 1. The Balaban J connectivity index is 1.40. The third kappa shape index (κ3) is 5.63. The largest absolute Gasteiger partial charge is 0.493 e. The maximum atomic E-state index is 13.8. The number of hydrogen-bond donors (Lipinski definition) is 2. The first-order chi connectivity index (χ1) is 20.2. The number of fused-ring (bicyclic) bond motifs is 2. The van der Waals surface area contributed by atoms with Gasteiger partial charge in [0.25, 0.3) is 5.56 Å². The highest BCUT2D eigenvalue weighted by Crippen LogP contribution is 3.02. The first kappa shape index (κ1) is 28.9. The van der Waals surface area contributed by atoms with Crippen molar-refractivity contribution in [3.63, 3.8) is 0 Å². The van der Waals surface area contributed by atoms with Crippen LogP contribution in [0, 0.1) is 0 Å². The van der Waals surface area contributed by atoms with Gasteiger partial charge in [-0.25, -0.2) is 0 Å². The van der Waals surface area contributed by atoms with Crippen LogP contribution < -0.4 is 25.8 Å². The van der Waals surface area contributed by atoms with Crippen LogP contribution in [0.4, 0.5) is 30.8 Å². The van der Waals surface area contributed by atoms with E-state index in [1.165, 1.54) is 0 Å². The molecule has 2 aromatic carbocycles. The molecule has 0 atom stereocenters. The van der Waals surface area contributed by atoms with E-state index in [0.29, 0.717) is 56.2 Å². The lowest BCUT2D eigenvalue weighted by Crippen LogP contribution is -2.47. The number of ether oxygens (including phenoxy) is 1. The summed E-state index contributed by atoms with van der Waals surface area (Å²) in [5.41, 5.74) is 2.07. The van der Waals surface area contributed by atoms with Gasteiger partial charge in [-0.2, -0.15) is 9.50 Å².